The van der Waals surface area contributed by atoms with E-state index in [1.54, 1.807) is 0 Å². The van der Waals surface area contributed by atoms with E-state index in [4.69, 9.17) is 14.2 Å². The van der Waals surface area contributed by atoms with E-state index in [9.17, 15) is 9.90 Å². The van der Waals surface area contributed by atoms with Gasteiger partial charge >= 0.3 is 6.03 Å². The van der Waals surface area contributed by atoms with Crippen LogP contribution in [0.25, 0.3) is 0 Å². The molecular weight excluding hydrogens is 566 g/mol. The Bertz CT molecular complexity index is 1300. The Balaban J connectivity index is 0.952. The fraction of sp³-hybridized carbons (Fsp3) is 0.486. The standard InChI is InChI=1S/C37H51N3O5/c1-37(2)44-28-32-26-31(18-19-35(32)45-37)34(41)27-38-21-9-3-4-10-23-43-24-11-8-13-29-14-12-15-30(25-29)20-22-39-36(42)40-33-16-6-5-7-17-33/h5-7,12,14-19,25-26,34,38,41H,3-4,8-11,13,20-24,27-28H2,1-2H3,(H2,39,40,42)/t34-/m1/s1. The molecule has 0 unspecified atom stereocenters. The smallest absolute Gasteiger partial charge is 0.319 e. The normalized spacial score (nSPS) is 14.3. The van der Waals surface area contributed by atoms with E-state index in [2.05, 4.69) is 40.2 Å². The summed E-state index contributed by atoms with van der Waals surface area (Å²) < 4.78 is 17.4. The number of unbranched alkanes of at least 4 members (excludes halogenated alkanes) is 4. The molecule has 4 rings (SSSR count). The highest BCUT2D eigenvalue weighted by molar-refractivity contribution is 5.89. The lowest BCUT2D eigenvalue weighted by atomic mass is 10.0. The molecule has 2 amide bonds. The highest BCUT2D eigenvalue weighted by atomic mass is 16.7. The summed E-state index contributed by atoms with van der Waals surface area (Å²) in [6.07, 6.45) is 7.92. The van der Waals surface area contributed by atoms with Crippen LogP contribution in [-0.2, 0) is 28.9 Å². The van der Waals surface area contributed by atoms with E-state index < -0.39 is 11.9 Å². The first-order valence-corrected chi connectivity index (χ1v) is 16.5. The molecule has 8 heteroatoms. The van der Waals surface area contributed by atoms with Gasteiger partial charge in [0.25, 0.3) is 0 Å². The summed E-state index contributed by atoms with van der Waals surface area (Å²) in [6.45, 7) is 7.94. The fourth-order valence-corrected chi connectivity index (χ4v) is 5.32. The molecule has 8 nitrogen and oxygen atoms in total. The van der Waals surface area contributed by atoms with Crippen molar-refractivity contribution in [2.24, 2.45) is 0 Å². The number of urea groups is 1. The monoisotopic (exact) mass is 617 g/mol. The van der Waals surface area contributed by atoms with Gasteiger partial charge in [0, 0.05) is 51.4 Å². The number of aliphatic hydroxyl groups excluding tert-OH is 1. The van der Waals surface area contributed by atoms with Gasteiger partial charge in [0.1, 0.15) is 5.75 Å². The van der Waals surface area contributed by atoms with Crippen LogP contribution in [0.4, 0.5) is 10.5 Å². The molecule has 45 heavy (non-hydrogen) atoms. The van der Waals surface area contributed by atoms with Crippen LogP contribution in [0.3, 0.4) is 0 Å². The van der Waals surface area contributed by atoms with Crippen LogP contribution in [0.5, 0.6) is 5.75 Å². The number of rotatable bonds is 19. The maximum absolute atomic E-state index is 12.1. The topological polar surface area (TPSA) is 101 Å². The Hall–Kier alpha value is -3.43. The van der Waals surface area contributed by atoms with Crippen molar-refractivity contribution in [1.82, 2.24) is 10.6 Å². The summed E-state index contributed by atoms with van der Waals surface area (Å²) in [5.41, 5.74) is 5.22. The maximum atomic E-state index is 12.1. The highest BCUT2D eigenvalue weighted by Gasteiger charge is 2.27. The Morgan fingerprint density at radius 2 is 1.62 bits per heavy atom. The first-order chi connectivity index (χ1) is 21.9. The number of benzene rings is 3. The van der Waals surface area contributed by atoms with Gasteiger partial charge in [-0.1, -0.05) is 61.4 Å². The molecule has 0 bridgehead atoms. The van der Waals surface area contributed by atoms with Crippen LogP contribution in [0.1, 0.15) is 80.7 Å². The number of carbonyl (C=O) groups excluding carboxylic acids is 1. The summed E-state index contributed by atoms with van der Waals surface area (Å²) >= 11 is 0. The molecule has 0 aromatic heterocycles. The zero-order chi connectivity index (χ0) is 31.7. The van der Waals surface area contributed by atoms with Crippen LogP contribution >= 0.6 is 0 Å². The second-order valence-electron chi connectivity index (χ2n) is 12.2. The van der Waals surface area contributed by atoms with Crippen molar-refractivity contribution in [1.29, 1.82) is 0 Å². The molecule has 4 N–H and O–H groups in total. The second kappa shape index (κ2) is 18.5. The minimum atomic E-state index is -0.610. The number of hydrogen-bond acceptors (Lipinski definition) is 6. The molecule has 1 aliphatic heterocycles. The lowest BCUT2D eigenvalue weighted by Crippen LogP contribution is -2.35. The fourth-order valence-electron chi connectivity index (χ4n) is 5.32. The first-order valence-electron chi connectivity index (χ1n) is 16.5. The van der Waals surface area contributed by atoms with Gasteiger partial charge in [0.2, 0.25) is 5.79 Å². The SMILES string of the molecule is CC1(C)OCc2cc([C@H](O)CNCCCCCCOCCCCc3cccc(CCNC(=O)Nc4ccccc4)c3)ccc2O1. The van der Waals surface area contributed by atoms with E-state index in [0.29, 0.717) is 19.7 Å². The second-order valence-corrected chi connectivity index (χ2v) is 12.2. The molecule has 244 valence electrons. The van der Waals surface area contributed by atoms with E-state index in [1.165, 1.54) is 11.1 Å². The molecule has 0 radical (unpaired) electrons. The Labute approximate surface area is 268 Å². The third kappa shape index (κ3) is 12.8. The summed E-state index contributed by atoms with van der Waals surface area (Å²) in [6, 6.07) is 23.8. The largest absolute Gasteiger partial charge is 0.463 e. The van der Waals surface area contributed by atoms with Crippen LogP contribution in [0.2, 0.25) is 0 Å². The van der Waals surface area contributed by atoms with E-state index >= 15 is 0 Å². The van der Waals surface area contributed by atoms with Gasteiger partial charge in [-0.05, 0) is 86.0 Å². The van der Waals surface area contributed by atoms with Gasteiger partial charge in [-0.2, -0.15) is 0 Å². The van der Waals surface area contributed by atoms with Crippen molar-refractivity contribution in [3.05, 3.63) is 95.1 Å². The van der Waals surface area contributed by atoms with Crippen LogP contribution in [0, 0.1) is 0 Å². The summed E-state index contributed by atoms with van der Waals surface area (Å²) in [4.78, 5) is 12.1. The van der Waals surface area contributed by atoms with Gasteiger partial charge in [-0.3, -0.25) is 0 Å². The zero-order valence-corrected chi connectivity index (χ0v) is 27.0. The minimum absolute atomic E-state index is 0.181. The lowest BCUT2D eigenvalue weighted by Gasteiger charge is -2.33. The third-order valence-corrected chi connectivity index (χ3v) is 7.86. The van der Waals surface area contributed by atoms with Crippen molar-refractivity contribution in [3.8, 4) is 5.75 Å². The number of amides is 2. The number of fused-ring (bicyclic) bond motifs is 1. The Morgan fingerprint density at radius 3 is 2.44 bits per heavy atom. The number of anilines is 1. The van der Waals surface area contributed by atoms with Crippen molar-refractivity contribution in [3.63, 3.8) is 0 Å². The Morgan fingerprint density at radius 1 is 0.867 bits per heavy atom. The maximum Gasteiger partial charge on any atom is 0.319 e. The molecule has 0 spiro atoms. The van der Waals surface area contributed by atoms with Gasteiger partial charge in [-0.15, -0.1) is 0 Å². The molecule has 3 aromatic rings. The summed E-state index contributed by atoms with van der Waals surface area (Å²) in [5.74, 6) is 0.218. The van der Waals surface area contributed by atoms with Gasteiger partial charge in [0.15, 0.2) is 0 Å². The predicted octanol–water partition coefficient (Wildman–Crippen LogP) is 6.92. The molecule has 0 fully saturated rings. The first kappa shape index (κ1) is 34.4. The van der Waals surface area contributed by atoms with Gasteiger partial charge in [-0.25, -0.2) is 4.79 Å². The van der Waals surface area contributed by atoms with Crippen LogP contribution < -0.4 is 20.7 Å². The Kier molecular flexibility index (Phi) is 14.2. The van der Waals surface area contributed by atoms with Crippen molar-refractivity contribution >= 4 is 11.7 Å². The van der Waals surface area contributed by atoms with Crippen LogP contribution in [0.15, 0.2) is 72.8 Å². The van der Waals surface area contributed by atoms with E-state index in [-0.39, 0.29) is 6.03 Å². The molecule has 3 aromatic carbocycles. The molecule has 1 aliphatic rings. The third-order valence-electron chi connectivity index (χ3n) is 7.86. The van der Waals surface area contributed by atoms with Gasteiger partial charge < -0.3 is 35.3 Å². The number of para-hydroxylation sites is 1. The number of carbonyl (C=O) groups is 1. The molecule has 1 atom stereocenters. The minimum Gasteiger partial charge on any atom is -0.463 e. The molecule has 0 saturated heterocycles. The quantitative estimate of drug-likeness (QED) is 0.109. The van der Waals surface area contributed by atoms with Crippen molar-refractivity contribution < 1.29 is 24.1 Å². The molecule has 0 aliphatic carbocycles. The number of aryl methyl sites for hydroxylation is 1. The number of nitrogens with one attached hydrogen (secondary N) is 3. The zero-order valence-electron chi connectivity index (χ0n) is 27.0. The van der Waals surface area contributed by atoms with Crippen molar-refractivity contribution in [2.45, 2.75) is 83.7 Å². The highest BCUT2D eigenvalue weighted by Crippen LogP contribution is 2.32. The van der Waals surface area contributed by atoms with Gasteiger partial charge in [0.05, 0.1) is 12.7 Å². The summed E-state index contributed by atoms with van der Waals surface area (Å²) in [7, 11) is 0. The van der Waals surface area contributed by atoms with Crippen LogP contribution in [-0.4, -0.2) is 49.8 Å². The van der Waals surface area contributed by atoms with E-state index in [0.717, 1.165) is 93.7 Å². The summed E-state index contributed by atoms with van der Waals surface area (Å²) in [5, 5.41) is 19.7. The average molecular weight is 618 g/mol. The molecule has 1 heterocycles. The molecule has 0 saturated carbocycles. The van der Waals surface area contributed by atoms with Crippen molar-refractivity contribution in [2.75, 3.05) is 38.2 Å². The molecular formula is C37H51N3O5. The number of aliphatic hydroxyl groups is 1. The number of hydrogen-bond donors (Lipinski definition) is 4. The average Bonchev–Trinajstić information content (AvgIpc) is 3.03. The predicted molar refractivity (Wildman–Crippen MR) is 180 cm³/mol. The lowest BCUT2D eigenvalue weighted by molar-refractivity contribution is -0.180. The van der Waals surface area contributed by atoms with E-state index in [1.807, 2.05) is 62.4 Å². The number of ether oxygens (including phenoxy) is 3.